The van der Waals surface area contributed by atoms with Crippen LogP contribution in [0.4, 0.5) is 0 Å². The fraction of sp³-hybridized carbons (Fsp3) is 0.667. The molecule has 1 N–H and O–H groups in total. The molecule has 0 aliphatic carbocycles. The van der Waals surface area contributed by atoms with E-state index in [9.17, 15) is 0 Å². The van der Waals surface area contributed by atoms with Gasteiger partial charge in [-0.3, -0.25) is 4.90 Å². The SMILES string of the molecule is CC(C)N(CCCCNC(C)(C)C)Cc1ccccc1. The summed E-state index contributed by atoms with van der Waals surface area (Å²) in [5, 5.41) is 3.56. The summed E-state index contributed by atoms with van der Waals surface area (Å²) in [5.41, 5.74) is 1.65. The smallest absolute Gasteiger partial charge is 0.0236 e. The second-order valence-electron chi connectivity index (χ2n) is 6.93. The van der Waals surface area contributed by atoms with Gasteiger partial charge < -0.3 is 5.32 Å². The molecule has 1 aromatic rings. The standard InChI is InChI=1S/C18H32N2/c1-16(2)20(15-17-11-7-6-8-12-17)14-10-9-13-19-18(3,4)5/h6-8,11-12,16,19H,9-10,13-15H2,1-5H3. The number of unbranched alkanes of at least 4 members (excludes halogenated alkanes) is 1. The highest BCUT2D eigenvalue weighted by molar-refractivity contribution is 5.14. The molecule has 0 aromatic heterocycles. The Labute approximate surface area is 125 Å². The molecule has 0 saturated carbocycles. The van der Waals surface area contributed by atoms with E-state index in [1.807, 2.05) is 0 Å². The highest BCUT2D eigenvalue weighted by atomic mass is 15.1. The molecule has 0 amide bonds. The molecule has 20 heavy (non-hydrogen) atoms. The van der Waals surface area contributed by atoms with Crippen molar-refractivity contribution < 1.29 is 0 Å². The van der Waals surface area contributed by atoms with Crippen LogP contribution in [-0.2, 0) is 6.54 Å². The van der Waals surface area contributed by atoms with E-state index >= 15 is 0 Å². The summed E-state index contributed by atoms with van der Waals surface area (Å²) in [6.07, 6.45) is 2.50. The third kappa shape index (κ3) is 7.66. The fourth-order valence-corrected chi connectivity index (χ4v) is 2.24. The van der Waals surface area contributed by atoms with Crippen LogP contribution in [0.15, 0.2) is 30.3 Å². The lowest BCUT2D eigenvalue weighted by atomic mass is 10.1. The van der Waals surface area contributed by atoms with Crippen molar-refractivity contribution in [2.24, 2.45) is 0 Å². The topological polar surface area (TPSA) is 15.3 Å². The molecule has 0 heterocycles. The van der Waals surface area contributed by atoms with Gasteiger partial charge in [0.25, 0.3) is 0 Å². The summed E-state index contributed by atoms with van der Waals surface area (Å²) >= 11 is 0. The van der Waals surface area contributed by atoms with E-state index in [0.717, 1.165) is 13.1 Å². The van der Waals surface area contributed by atoms with Crippen molar-refractivity contribution in [3.8, 4) is 0 Å². The van der Waals surface area contributed by atoms with Gasteiger partial charge in [-0.15, -0.1) is 0 Å². The zero-order valence-corrected chi connectivity index (χ0v) is 13.9. The van der Waals surface area contributed by atoms with E-state index in [-0.39, 0.29) is 5.54 Å². The molecule has 0 aliphatic heterocycles. The minimum atomic E-state index is 0.238. The van der Waals surface area contributed by atoms with Crippen molar-refractivity contribution in [1.29, 1.82) is 0 Å². The van der Waals surface area contributed by atoms with E-state index < -0.39 is 0 Å². The first kappa shape index (κ1) is 17.2. The van der Waals surface area contributed by atoms with E-state index in [0.29, 0.717) is 6.04 Å². The number of nitrogens with one attached hydrogen (secondary N) is 1. The van der Waals surface area contributed by atoms with Gasteiger partial charge in [-0.1, -0.05) is 30.3 Å². The van der Waals surface area contributed by atoms with Crippen LogP contribution in [-0.4, -0.2) is 29.6 Å². The molecule has 0 fully saturated rings. The Morgan fingerprint density at radius 3 is 2.25 bits per heavy atom. The van der Waals surface area contributed by atoms with Crippen LogP contribution in [0.3, 0.4) is 0 Å². The summed E-state index contributed by atoms with van der Waals surface area (Å²) in [6.45, 7) is 14.6. The quantitative estimate of drug-likeness (QED) is 0.720. The summed E-state index contributed by atoms with van der Waals surface area (Å²) in [4.78, 5) is 2.56. The summed E-state index contributed by atoms with van der Waals surface area (Å²) in [5.74, 6) is 0. The lowest BCUT2D eigenvalue weighted by Crippen LogP contribution is -2.37. The van der Waals surface area contributed by atoms with Crippen LogP contribution in [0.1, 0.15) is 53.0 Å². The van der Waals surface area contributed by atoms with Crippen LogP contribution in [0.2, 0.25) is 0 Å². The third-order valence-electron chi connectivity index (χ3n) is 3.49. The zero-order chi connectivity index (χ0) is 15.0. The van der Waals surface area contributed by atoms with E-state index in [4.69, 9.17) is 0 Å². The Balaban J connectivity index is 2.30. The summed E-state index contributed by atoms with van der Waals surface area (Å²) in [7, 11) is 0. The number of benzene rings is 1. The van der Waals surface area contributed by atoms with Gasteiger partial charge in [0.15, 0.2) is 0 Å². The van der Waals surface area contributed by atoms with Crippen LogP contribution >= 0.6 is 0 Å². The van der Waals surface area contributed by atoms with Gasteiger partial charge in [-0.05, 0) is 66.1 Å². The lowest BCUT2D eigenvalue weighted by Gasteiger charge is -2.27. The second-order valence-corrected chi connectivity index (χ2v) is 6.93. The number of rotatable bonds is 8. The number of nitrogens with zero attached hydrogens (tertiary/aromatic N) is 1. The van der Waals surface area contributed by atoms with E-state index in [1.54, 1.807) is 0 Å². The van der Waals surface area contributed by atoms with Gasteiger partial charge in [-0.2, -0.15) is 0 Å². The van der Waals surface area contributed by atoms with E-state index in [2.05, 4.69) is 75.2 Å². The van der Waals surface area contributed by atoms with Crippen molar-refractivity contribution in [1.82, 2.24) is 10.2 Å². The predicted molar refractivity (Wildman–Crippen MR) is 89.0 cm³/mol. The Morgan fingerprint density at radius 1 is 1.05 bits per heavy atom. The Hall–Kier alpha value is -0.860. The van der Waals surface area contributed by atoms with Gasteiger partial charge in [0.1, 0.15) is 0 Å². The van der Waals surface area contributed by atoms with Gasteiger partial charge in [0.05, 0.1) is 0 Å². The maximum absolute atomic E-state index is 3.56. The summed E-state index contributed by atoms with van der Waals surface area (Å²) < 4.78 is 0. The minimum Gasteiger partial charge on any atom is -0.312 e. The molecule has 2 heteroatoms. The Bertz CT molecular complexity index is 351. The van der Waals surface area contributed by atoms with Crippen molar-refractivity contribution in [2.75, 3.05) is 13.1 Å². The first-order valence-corrected chi connectivity index (χ1v) is 7.91. The highest BCUT2D eigenvalue weighted by Gasteiger charge is 2.10. The van der Waals surface area contributed by atoms with Crippen molar-refractivity contribution >= 4 is 0 Å². The van der Waals surface area contributed by atoms with Gasteiger partial charge in [-0.25, -0.2) is 0 Å². The molecule has 2 nitrogen and oxygen atoms in total. The van der Waals surface area contributed by atoms with Gasteiger partial charge in [0, 0.05) is 18.1 Å². The number of hydrogen-bond acceptors (Lipinski definition) is 2. The van der Waals surface area contributed by atoms with Crippen LogP contribution in [0, 0.1) is 0 Å². The maximum atomic E-state index is 3.56. The largest absolute Gasteiger partial charge is 0.312 e. The molecule has 0 unspecified atom stereocenters. The average molecular weight is 276 g/mol. The van der Waals surface area contributed by atoms with E-state index in [1.165, 1.54) is 24.9 Å². The molecule has 0 saturated heterocycles. The normalized spacial score (nSPS) is 12.3. The van der Waals surface area contributed by atoms with Crippen LogP contribution < -0.4 is 5.32 Å². The van der Waals surface area contributed by atoms with Crippen LogP contribution in [0.5, 0.6) is 0 Å². The molecule has 0 spiro atoms. The Kier molecular flexibility index (Phi) is 7.25. The molecular weight excluding hydrogens is 244 g/mol. The van der Waals surface area contributed by atoms with Crippen molar-refractivity contribution in [3.63, 3.8) is 0 Å². The third-order valence-corrected chi connectivity index (χ3v) is 3.49. The molecule has 0 aliphatic rings. The highest BCUT2D eigenvalue weighted by Crippen LogP contribution is 2.09. The fourth-order valence-electron chi connectivity index (χ4n) is 2.24. The molecule has 0 bridgehead atoms. The molecular formula is C18H32N2. The first-order chi connectivity index (χ1) is 9.38. The summed E-state index contributed by atoms with van der Waals surface area (Å²) in [6, 6.07) is 11.4. The first-order valence-electron chi connectivity index (χ1n) is 7.91. The average Bonchev–Trinajstić information content (AvgIpc) is 2.36. The molecule has 0 atom stereocenters. The minimum absolute atomic E-state index is 0.238. The maximum Gasteiger partial charge on any atom is 0.0236 e. The molecule has 0 radical (unpaired) electrons. The number of hydrogen-bond donors (Lipinski definition) is 1. The van der Waals surface area contributed by atoms with Crippen molar-refractivity contribution in [3.05, 3.63) is 35.9 Å². The molecule has 1 rings (SSSR count). The second kappa shape index (κ2) is 8.43. The van der Waals surface area contributed by atoms with Crippen molar-refractivity contribution in [2.45, 2.75) is 65.6 Å². The molecule has 114 valence electrons. The monoisotopic (exact) mass is 276 g/mol. The lowest BCUT2D eigenvalue weighted by molar-refractivity contribution is 0.207. The van der Waals surface area contributed by atoms with Crippen LogP contribution in [0.25, 0.3) is 0 Å². The Morgan fingerprint density at radius 2 is 1.70 bits per heavy atom. The zero-order valence-electron chi connectivity index (χ0n) is 13.9. The van der Waals surface area contributed by atoms with Gasteiger partial charge >= 0.3 is 0 Å². The molecule has 1 aromatic carbocycles. The van der Waals surface area contributed by atoms with Gasteiger partial charge in [0.2, 0.25) is 0 Å². The predicted octanol–water partition coefficient (Wildman–Crippen LogP) is 4.07.